The lowest BCUT2D eigenvalue weighted by molar-refractivity contribution is -0.384. The molecule has 10 heteroatoms. The number of aryl methyl sites for hydroxylation is 1. The number of hydrogen-bond donors (Lipinski definition) is 2. The Bertz CT molecular complexity index is 909. The molecule has 0 aliphatic carbocycles. The first kappa shape index (κ1) is 18.2. The van der Waals surface area contributed by atoms with Crippen molar-refractivity contribution in [1.82, 2.24) is 0 Å². The molecule has 132 valence electrons. The van der Waals surface area contributed by atoms with Crippen molar-refractivity contribution in [3.05, 3.63) is 58.1 Å². The summed E-state index contributed by atoms with van der Waals surface area (Å²) in [6.45, 7) is 1.25. The van der Waals surface area contributed by atoms with E-state index in [4.69, 9.17) is 10.5 Å². The summed E-state index contributed by atoms with van der Waals surface area (Å²) in [7, 11) is -3.88. The van der Waals surface area contributed by atoms with Crippen LogP contribution >= 0.6 is 0 Å². The van der Waals surface area contributed by atoms with Crippen LogP contribution in [0.3, 0.4) is 0 Å². The van der Waals surface area contributed by atoms with Gasteiger partial charge in [-0.1, -0.05) is 0 Å². The van der Waals surface area contributed by atoms with E-state index < -0.39 is 20.9 Å². The maximum atomic E-state index is 12.4. The SMILES string of the molecule is Cc1cc([N+](=O)[O-])ccc1NS(=O)(=O)c1ccc(OCC(N)=O)cc1. The summed E-state index contributed by atoms with van der Waals surface area (Å²) in [6, 6.07) is 9.21. The largest absolute Gasteiger partial charge is 0.484 e. The fourth-order valence-corrected chi connectivity index (χ4v) is 3.08. The molecule has 0 radical (unpaired) electrons. The van der Waals surface area contributed by atoms with Crippen LogP contribution in [0.15, 0.2) is 47.4 Å². The number of non-ortho nitro benzene ring substituents is 1. The summed E-state index contributed by atoms with van der Waals surface area (Å²) in [6.07, 6.45) is 0. The smallest absolute Gasteiger partial charge is 0.269 e. The molecule has 0 saturated heterocycles. The summed E-state index contributed by atoms with van der Waals surface area (Å²) >= 11 is 0. The first-order valence-electron chi connectivity index (χ1n) is 6.98. The van der Waals surface area contributed by atoms with Crippen LogP contribution < -0.4 is 15.2 Å². The molecule has 0 aliphatic rings. The lowest BCUT2D eigenvalue weighted by atomic mass is 10.2. The number of nitro benzene ring substituents is 1. The van der Waals surface area contributed by atoms with Gasteiger partial charge < -0.3 is 10.5 Å². The molecule has 0 heterocycles. The fourth-order valence-electron chi connectivity index (χ4n) is 1.95. The van der Waals surface area contributed by atoms with Gasteiger partial charge in [0.25, 0.3) is 21.6 Å². The number of nitrogens with zero attached hydrogens (tertiary/aromatic N) is 1. The number of carbonyl (C=O) groups excluding carboxylic acids is 1. The van der Waals surface area contributed by atoms with Gasteiger partial charge in [0.2, 0.25) is 0 Å². The zero-order valence-electron chi connectivity index (χ0n) is 13.1. The van der Waals surface area contributed by atoms with E-state index in [1.165, 1.54) is 42.5 Å². The van der Waals surface area contributed by atoms with Gasteiger partial charge in [-0.15, -0.1) is 0 Å². The van der Waals surface area contributed by atoms with Gasteiger partial charge in [0.05, 0.1) is 15.5 Å². The maximum absolute atomic E-state index is 12.4. The molecule has 0 bridgehead atoms. The van der Waals surface area contributed by atoms with Crippen LogP contribution in [0.25, 0.3) is 0 Å². The van der Waals surface area contributed by atoms with E-state index in [0.717, 1.165) is 0 Å². The summed E-state index contributed by atoms with van der Waals surface area (Å²) in [5.74, 6) is -0.351. The molecule has 9 nitrogen and oxygen atoms in total. The average molecular weight is 365 g/mol. The third-order valence-corrected chi connectivity index (χ3v) is 4.56. The molecule has 0 spiro atoms. The van der Waals surface area contributed by atoms with E-state index in [0.29, 0.717) is 11.3 Å². The Balaban J connectivity index is 2.19. The van der Waals surface area contributed by atoms with Gasteiger partial charge in [0.1, 0.15) is 5.75 Å². The second-order valence-corrected chi connectivity index (χ2v) is 6.77. The highest BCUT2D eigenvalue weighted by Gasteiger charge is 2.17. The zero-order chi connectivity index (χ0) is 18.6. The molecule has 2 aromatic carbocycles. The number of nitrogens with two attached hydrogens (primary N) is 1. The van der Waals surface area contributed by atoms with E-state index in [1.54, 1.807) is 6.92 Å². The predicted octanol–water partition coefficient (Wildman–Crippen LogP) is 1.57. The predicted molar refractivity (Wildman–Crippen MR) is 89.8 cm³/mol. The number of rotatable bonds is 7. The Labute approximate surface area is 143 Å². The van der Waals surface area contributed by atoms with E-state index in [-0.39, 0.29) is 22.9 Å². The molecule has 2 rings (SSSR count). The topological polar surface area (TPSA) is 142 Å². The number of amides is 1. The Morgan fingerprint density at radius 3 is 2.40 bits per heavy atom. The lowest BCUT2D eigenvalue weighted by Crippen LogP contribution is -2.20. The van der Waals surface area contributed by atoms with Crippen molar-refractivity contribution in [2.75, 3.05) is 11.3 Å². The third kappa shape index (κ3) is 4.67. The molecule has 0 atom stereocenters. The number of nitro groups is 1. The second-order valence-electron chi connectivity index (χ2n) is 5.09. The highest BCUT2D eigenvalue weighted by atomic mass is 32.2. The molecular weight excluding hydrogens is 350 g/mol. The molecule has 3 N–H and O–H groups in total. The van der Waals surface area contributed by atoms with Crippen molar-refractivity contribution >= 4 is 27.3 Å². The van der Waals surface area contributed by atoms with Crippen LogP contribution in [-0.4, -0.2) is 25.9 Å². The van der Waals surface area contributed by atoms with Crippen LogP contribution in [0.1, 0.15) is 5.56 Å². The van der Waals surface area contributed by atoms with Gasteiger partial charge in [-0.3, -0.25) is 19.6 Å². The normalized spacial score (nSPS) is 10.9. The Morgan fingerprint density at radius 1 is 1.24 bits per heavy atom. The van der Waals surface area contributed by atoms with Crippen molar-refractivity contribution < 1.29 is 22.9 Å². The van der Waals surface area contributed by atoms with Gasteiger partial charge in [-0.05, 0) is 42.8 Å². The second kappa shape index (κ2) is 7.18. The lowest BCUT2D eigenvalue weighted by Gasteiger charge is -2.11. The van der Waals surface area contributed by atoms with Crippen molar-refractivity contribution in [1.29, 1.82) is 0 Å². The molecular formula is C15H15N3O6S. The van der Waals surface area contributed by atoms with E-state index in [9.17, 15) is 23.3 Å². The number of primary amides is 1. The monoisotopic (exact) mass is 365 g/mol. The molecule has 25 heavy (non-hydrogen) atoms. The number of sulfonamides is 1. The molecule has 0 unspecified atom stereocenters. The van der Waals surface area contributed by atoms with E-state index in [1.807, 2.05) is 0 Å². The van der Waals surface area contributed by atoms with Crippen molar-refractivity contribution in [3.8, 4) is 5.75 Å². The fraction of sp³-hybridized carbons (Fsp3) is 0.133. The van der Waals surface area contributed by atoms with Gasteiger partial charge >= 0.3 is 0 Å². The standard InChI is InChI=1S/C15H15N3O6S/c1-10-8-11(18(20)21)2-7-14(10)17-25(22,23)13-5-3-12(4-6-13)24-9-15(16)19/h2-8,17H,9H2,1H3,(H2,16,19). The Morgan fingerprint density at radius 2 is 1.88 bits per heavy atom. The van der Waals surface area contributed by atoms with Crippen molar-refractivity contribution in [2.24, 2.45) is 5.73 Å². The number of hydrogen-bond acceptors (Lipinski definition) is 6. The molecule has 0 saturated carbocycles. The third-order valence-electron chi connectivity index (χ3n) is 3.18. The number of anilines is 1. The minimum Gasteiger partial charge on any atom is -0.484 e. The molecule has 0 fully saturated rings. The van der Waals surface area contributed by atoms with E-state index in [2.05, 4.69) is 4.72 Å². The Kier molecular flexibility index (Phi) is 5.22. The minimum absolute atomic E-state index is 0.0309. The number of ether oxygens (including phenoxy) is 1. The van der Waals surface area contributed by atoms with Crippen molar-refractivity contribution in [3.63, 3.8) is 0 Å². The maximum Gasteiger partial charge on any atom is 0.269 e. The summed E-state index contributed by atoms with van der Waals surface area (Å²) < 4.78 is 32.2. The Hall–Kier alpha value is -3.14. The van der Waals surface area contributed by atoms with Crippen LogP contribution in [0.4, 0.5) is 11.4 Å². The summed E-state index contributed by atoms with van der Waals surface area (Å²) in [4.78, 5) is 20.8. The van der Waals surface area contributed by atoms with Gasteiger partial charge in [-0.25, -0.2) is 8.42 Å². The zero-order valence-corrected chi connectivity index (χ0v) is 13.9. The van der Waals surface area contributed by atoms with Gasteiger partial charge in [0, 0.05) is 12.1 Å². The molecule has 0 aromatic heterocycles. The molecule has 2 aromatic rings. The summed E-state index contributed by atoms with van der Waals surface area (Å²) in [5.41, 5.74) is 5.48. The van der Waals surface area contributed by atoms with E-state index >= 15 is 0 Å². The first-order chi connectivity index (χ1) is 11.7. The quantitative estimate of drug-likeness (QED) is 0.563. The number of nitrogens with one attached hydrogen (secondary N) is 1. The minimum atomic E-state index is -3.88. The first-order valence-corrected chi connectivity index (χ1v) is 8.46. The average Bonchev–Trinajstić information content (AvgIpc) is 2.55. The molecule has 1 amide bonds. The van der Waals surface area contributed by atoms with Gasteiger partial charge in [0.15, 0.2) is 6.61 Å². The highest BCUT2D eigenvalue weighted by Crippen LogP contribution is 2.24. The van der Waals surface area contributed by atoms with Crippen molar-refractivity contribution in [2.45, 2.75) is 11.8 Å². The highest BCUT2D eigenvalue weighted by molar-refractivity contribution is 7.92. The number of benzene rings is 2. The van der Waals surface area contributed by atoms with Crippen LogP contribution in [0.2, 0.25) is 0 Å². The summed E-state index contributed by atoms with van der Waals surface area (Å²) in [5, 5.41) is 10.7. The van der Waals surface area contributed by atoms with Crippen LogP contribution in [-0.2, 0) is 14.8 Å². The van der Waals surface area contributed by atoms with Gasteiger partial charge in [-0.2, -0.15) is 0 Å². The van der Waals surface area contributed by atoms with Crippen LogP contribution in [0.5, 0.6) is 5.75 Å². The van der Waals surface area contributed by atoms with Crippen LogP contribution in [0, 0.1) is 17.0 Å². The molecule has 0 aliphatic heterocycles. The number of carbonyl (C=O) groups is 1.